The van der Waals surface area contributed by atoms with Crippen LogP contribution < -0.4 is 19.1 Å². The fourth-order valence-corrected chi connectivity index (χ4v) is 5.44. The zero-order chi connectivity index (χ0) is 23.6. The van der Waals surface area contributed by atoms with Gasteiger partial charge in [0.05, 0.1) is 25.7 Å². The lowest BCUT2D eigenvalue weighted by Gasteiger charge is -2.21. The number of nitrogens with one attached hydrogen (secondary N) is 1. The number of nitrogens with zero attached hydrogens (tertiary/aromatic N) is 3. The molecule has 9 nitrogen and oxygen atoms in total. The quantitative estimate of drug-likeness (QED) is 0.569. The van der Waals surface area contributed by atoms with Crippen LogP contribution in [0.4, 0.5) is 5.69 Å². The molecule has 4 rings (SSSR count). The van der Waals surface area contributed by atoms with Crippen LogP contribution in [0.15, 0.2) is 54.9 Å². The number of amides is 1. The molecule has 1 aliphatic heterocycles. The fourth-order valence-electron chi connectivity index (χ4n) is 3.87. The van der Waals surface area contributed by atoms with E-state index in [-0.39, 0.29) is 11.7 Å². The number of hydrogen-bond acceptors (Lipinski definition) is 6. The van der Waals surface area contributed by atoms with Crippen LogP contribution in [0.1, 0.15) is 34.2 Å². The van der Waals surface area contributed by atoms with Gasteiger partial charge in [-0.1, -0.05) is 0 Å². The van der Waals surface area contributed by atoms with Crippen LogP contribution in [0.5, 0.6) is 11.5 Å². The second-order valence-corrected chi connectivity index (χ2v) is 9.75. The van der Waals surface area contributed by atoms with Crippen molar-refractivity contribution in [3.05, 3.63) is 71.8 Å². The number of anilines is 1. The molecule has 0 radical (unpaired) electrons. The van der Waals surface area contributed by atoms with Crippen molar-refractivity contribution in [1.29, 1.82) is 0 Å². The molecule has 1 aromatic heterocycles. The molecular formula is C23H26N4O5S. The molecule has 3 aromatic rings. The van der Waals surface area contributed by atoms with Gasteiger partial charge in [-0.25, -0.2) is 13.4 Å². The van der Waals surface area contributed by atoms with E-state index in [4.69, 9.17) is 9.47 Å². The number of aromatic nitrogens is 2. The standard InChI is InChI=1S/C23H26N4O5S/c1-26-11-9-24-22(26)21(17-13-19(31-2)15-20(14-17)32-3)25-23(28)16-5-7-18(8-6-16)27-10-4-12-33(27,29)30/h5-9,11,13-15,21H,4,10,12H2,1-3H3,(H,25,28)/t21-/m0/s1. The number of methoxy groups -OCH3 is 2. The molecule has 1 atom stereocenters. The molecule has 10 heteroatoms. The summed E-state index contributed by atoms with van der Waals surface area (Å²) in [6, 6.07) is 11.4. The van der Waals surface area contributed by atoms with E-state index in [9.17, 15) is 13.2 Å². The van der Waals surface area contributed by atoms with E-state index in [1.807, 2.05) is 23.7 Å². The van der Waals surface area contributed by atoms with E-state index in [2.05, 4.69) is 10.3 Å². The van der Waals surface area contributed by atoms with Crippen molar-refractivity contribution >= 4 is 21.6 Å². The van der Waals surface area contributed by atoms with Crippen LogP contribution in [0, 0.1) is 0 Å². The lowest BCUT2D eigenvalue weighted by Crippen LogP contribution is -2.31. The molecule has 174 valence electrons. The Labute approximate surface area is 193 Å². The van der Waals surface area contributed by atoms with Gasteiger partial charge in [-0.15, -0.1) is 0 Å². The second-order valence-electron chi connectivity index (χ2n) is 7.74. The largest absolute Gasteiger partial charge is 0.497 e. The average molecular weight is 471 g/mol. The van der Waals surface area contributed by atoms with Gasteiger partial charge < -0.3 is 19.4 Å². The van der Waals surface area contributed by atoms with Gasteiger partial charge in [0.25, 0.3) is 5.91 Å². The Morgan fingerprint density at radius 1 is 1.09 bits per heavy atom. The normalized spacial score (nSPS) is 15.8. The number of carbonyl (C=O) groups excluding carboxylic acids is 1. The van der Waals surface area contributed by atoms with Gasteiger partial charge in [0.15, 0.2) is 0 Å². The molecule has 2 heterocycles. The van der Waals surface area contributed by atoms with E-state index < -0.39 is 16.1 Å². The summed E-state index contributed by atoms with van der Waals surface area (Å²) in [6.45, 7) is 0.451. The number of benzene rings is 2. The predicted octanol–water partition coefficient (Wildman–Crippen LogP) is 2.50. The first-order valence-corrected chi connectivity index (χ1v) is 12.0. The fraction of sp³-hybridized carbons (Fsp3) is 0.304. The SMILES string of the molecule is COc1cc(OC)cc([C@H](NC(=O)c2ccc(N3CCCS3(=O)=O)cc2)c2nccn2C)c1. The maximum absolute atomic E-state index is 13.2. The first kappa shape index (κ1) is 22.7. The molecule has 1 aliphatic rings. The van der Waals surface area contributed by atoms with Crippen LogP contribution in [-0.2, 0) is 17.1 Å². The molecule has 1 saturated heterocycles. The Balaban J connectivity index is 1.63. The van der Waals surface area contributed by atoms with Gasteiger partial charge in [-0.05, 0) is 48.4 Å². The Hall–Kier alpha value is -3.53. The van der Waals surface area contributed by atoms with Crippen LogP contribution in [0.2, 0.25) is 0 Å². The Morgan fingerprint density at radius 3 is 2.27 bits per heavy atom. The first-order chi connectivity index (χ1) is 15.8. The maximum atomic E-state index is 13.2. The summed E-state index contributed by atoms with van der Waals surface area (Å²) in [7, 11) is 1.70. The Morgan fingerprint density at radius 2 is 1.76 bits per heavy atom. The zero-order valence-corrected chi connectivity index (χ0v) is 19.5. The van der Waals surface area contributed by atoms with E-state index in [1.54, 1.807) is 56.9 Å². The number of imidazole rings is 1. The van der Waals surface area contributed by atoms with E-state index >= 15 is 0 Å². The van der Waals surface area contributed by atoms with Gasteiger partial charge in [0.2, 0.25) is 10.0 Å². The smallest absolute Gasteiger partial charge is 0.252 e. The molecule has 0 saturated carbocycles. The van der Waals surface area contributed by atoms with Crippen molar-refractivity contribution in [1.82, 2.24) is 14.9 Å². The lowest BCUT2D eigenvalue weighted by atomic mass is 10.0. The highest BCUT2D eigenvalue weighted by atomic mass is 32.2. The van der Waals surface area contributed by atoms with Crippen LogP contribution in [0.25, 0.3) is 0 Å². The van der Waals surface area contributed by atoms with Gasteiger partial charge in [-0.3, -0.25) is 9.10 Å². The number of hydrogen-bond donors (Lipinski definition) is 1. The first-order valence-electron chi connectivity index (χ1n) is 10.4. The summed E-state index contributed by atoms with van der Waals surface area (Å²) < 4.78 is 38.3. The summed E-state index contributed by atoms with van der Waals surface area (Å²) in [5, 5.41) is 3.04. The maximum Gasteiger partial charge on any atom is 0.252 e. The third-order valence-corrected chi connectivity index (χ3v) is 7.49. The number of rotatable bonds is 7. The summed E-state index contributed by atoms with van der Waals surface area (Å²) in [4.78, 5) is 17.6. The van der Waals surface area contributed by atoms with Crippen LogP contribution >= 0.6 is 0 Å². The van der Waals surface area contributed by atoms with E-state index in [1.165, 1.54) is 4.31 Å². The predicted molar refractivity (Wildman–Crippen MR) is 124 cm³/mol. The highest BCUT2D eigenvalue weighted by molar-refractivity contribution is 7.93. The van der Waals surface area contributed by atoms with Gasteiger partial charge >= 0.3 is 0 Å². The number of ether oxygens (including phenoxy) is 2. The Kier molecular flexibility index (Phi) is 6.28. The molecule has 33 heavy (non-hydrogen) atoms. The molecule has 1 fully saturated rings. The topological polar surface area (TPSA) is 103 Å². The highest BCUT2D eigenvalue weighted by Gasteiger charge is 2.28. The monoisotopic (exact) mass is 470 g/mol. The third-order valence-electron chi connectivity index (χ3n) is 5.62. The number of carbonyl (C=O) groups is 1. The average Bonchev–Trinajstić information content (AvgIpc) is 3.41. The molecular weight excluding hydrogens is 444 g/mol. The van der Waals surface area contributed by atoms with Gasteiger partial charge in [0.1, 0.15) is 23.4 Å². The summed E-state index contributed by atoms with van der Waals surface area (Å²) in [5.41, 5.74) is 1.71. The molecule has 0 unspecified atom stereocenters. The van der Waals surface area contributed by atoms with E-state index in [0.29, 0.717) is 41.5 Å². The van der Waals surface area contributed by atoms with Crippen molar-refractivity contribution in [2.75, 3.05) is 30.8 Å². The molecule has 1 amide bonds. The van der Waals surface area contributed by atoms with Crippen molar-refractivity contribution in [2.24, 2.45) is 7.05 Å². The number of aryl methyl sites for hydroxylation is 1. The van der Waals surface area contributed by atoms with Crippen LogP contribution in [-0.4, -0.2) is 50.4 Å². The van der Waals surface area contributed by atoms with E-state index in [0.717, 1.165) is 5.56 Å². The van der Waals surface area contributed by atoms with Crippen molar-refractivity contribution in [3.63, 3.8) is 0 Å². The van der Waals surface area contributed by atoms with Crippen molar-refractivity contribution in [2.45, 2.75) is 12.5 Å². The molecule has 2 aromatic carbocycles. The molecule has 0 bridgehead atoms. The highest BCUT2D eigenvalue weighted by Crippen LogP contribution is 2.30. The summed E-state index contributed by atoms with van der Waals surface area (Å²) in [5.74, 6) is 1.65. The zero-order valence-electron chi connectivity index (χ0n) is 18.7. The minimum Gasteiger partial charge on any atom is -0.497 e. The van der Waals surface area contributed by atoms with Crippen molar-refractivity contribution in [3.8, 4) is 11.5 Å². The second kappa shape index (κ2) is 9.14. The molecule has 0 aliphatic carbocycles. The minimum absolute atomic E-state index is 0.143. The minimum atomic E-state index is -3.28. The third kappa shape index (κ3) is 4.65. The number of sulfonamides is 1. The lowest BCUT2D eigenvalue weighted by molar-refractivity contribution is 0.0941. The van der Waals surface area contributed by atoms with Crippen LogP contribution in [0.3, 0.4) is 0 Å². The summed E-state index contributed by atoms with van der Waals surface area (Å²) >= 11 is 0. The Bertz CT molecular complexity index is 1230. The van der Waals surface area contributed by atoms with Gasteiger partial charge in [-0.2, -0.15) is 0 Å². The molecule has 1 N–H and O–H groups in total. The summed E-state index contributed by atoms with van der Waals surface area (Å²) in [6.07, 6.45) is 4.06. The van der Waals surface area contributed by atoms with Gasteiger partial charge in [0, 0.05) is 37.6 Å². The molecule has 0 spiro atoms. The van der Waals surface area contributed by atoms with Crippen molar-refractivity contribution < 1.29 is 22.7 Å².